The number of rotatable bonds is 13. The first-order chi connectivity index (χ1) is 21.9. The number of nitrogens with one attached hydrogen (secondary N) is 1. The number of nitrogens with zero attached hydrogens (tertiary/aromatic N) is 2. The number of benzene rings is 4. The Labute approximate surface area is 282 Å². The van der Waals surface area contributed by atoms with Crippen LogP contribution in [0.3, 0.4) is 0 Å². The van der Waals surface area contributed by atoms with E-state index in [9.17, 15) is 18.0 Å². The molecule has 0 radical (unpaired) electrons. The van der Waals surface area contributed by atoms with Crippen molar-refractivity contribution in [3.05, 3.63) is 129 Å². The minimum Gasteiger partial charge on any atom is -0.352 e. The Morgan fingerprint density at radius 1 is 0.848 bits per heavy atom. The van der Waals surface area contributed by atoms with Gasteiger partial charge in [-0.3, -0.25) is 13.9 Å². The maximum absolute atomic E-state index is 14.7. The Morgan fingerprint density at radius 2 is 1.46 bits per heavy atom. The maximum atomic E-state index is 14.7. The molecule has 10 heteroatoms. The van der Waals surface area contributed by atoms with E-state index in [1.807, 2.05) is 63.2 Å². The molecule has 0 aliphatic carbocycles. The molecule has 0 aromatic heterocycles. The molecule has 0 aliphatic rings. The lowest BCUT2D eigenvalue weighted by atomic mass is 10.0. The molecule has 0 fully saturated rings. The normalized spacial score (nSPS) is 12.7. The minimum absolute atomic E-state index is 0.0414. The van der Waals surface area contributed by atoms with Gasteiger partial charge < -0.3 is 10.2 Å². The highest BCUT2D eigenvalue weighted by Crippen LogP contribution is 2.30. The first-order valence-corrected chi connectivity index (χ1v) is 17.3. The van der Waals surface area contributed by atoms with Crippen LogP contribution in [-0.4, -0.2) is 43.8 Å². The van der Waals surface area contributed by atoms with Crippen molar-refractivity contribution in [3.63, 3.8) is 0 Å². The molecular formula is C36H39Cl2N3O4S. The number of carbonyl (C=O) groups excluding carboxylic acids is 2. The van der Waals surface area contributed by atoms with E-state index < -0.39 is 28.5 Å². The van der Waals surface area contributed by atoms with Crippen LogP contribution in [0.5, 0.6) is 0 Å². The van der Waals surface area contributed by atoms with Gasteiger partial charge in [-0.05, 0) is 74.2 Å². The average molecular weight is 681 g/mol. The number of carbonyl (C=O) groups is 2. The number of halogens is 2. The van der Waals surface area contributed by atoms with Crippen LogP contribution in [0.25, 0.3) is 0 Å². The SMILES string of the molecule is CC[C@H](C)NC(=O)[C@H](Cc1ccccc1)N(Cc1c(Cl)cccc1Cl)C(=O)CN(c1cc(C)ccc1C)S(=O)(=O)c1ccccc1. The summed E-state index contributed by atoms with van der Waals surface area (Å²) in [7, 11) is -4.21. The topological polar surface area (TPSA) is 86.8 Å². The quantitative estimate of drug-likeness (QED) is 0.160. The van der Waals surface area contributed by atoms with Crippen LogP contribution < -0.4 is 9.62 Å². The van der Waals surface area contributed by atoms with Crippen molar-refractivity contribution in [3.8, 4) is 0 Å². The van der Waals surface area contributed by atoms with E-state index in [4.69, 9.17) is 23.2 Å². The van der Waals surface area contributed by atoms with Crippen molar-refractivity contribution in [1.29, 1.82) is 0 Å². The largest absolute Gasteiger partial charge is 0.352 e. The Kier molecular flexibility index (Phi) is 11.9. The van der Waals surface area contributed by atoms with Gasteiger partial charge in [0.05, 0.1) is 10.6 Å². The van der Waals surface area contributed by atoms with Gasteiger partial charge in [-0.25, -0.2) is 8.42 Å². The first-order valence-electron chi connectivity index (χ1n) is 15.1. The van der Waals surface area contributed by atoms with E-state index in [1.54, 1.807) is 49.4 Å². The van der Waals surface area contributed by atoms with E-state index >= 15 is 0 Å². The lowest BCUT2D eigenvalue weighted by Crippen LogP contribution is -2.54. The maximum Gasteiger partial charge on any atom is 0.264 e. The van der Waals surface area contributed by atoms with Crippen LogP contribution in [0.1, 0.15) is 42.5 Å². The molecule has 4 rings (SSSR count). The smallest absolute Gasteiger partial charge is 0.264 e. The molecule has 242 valence electrons. The van der Waals surface area contributed by atoms with E-state index in [1.165, 1.54) is 17.0 Å². The Bertz CT molecular complexity index is 1750. The Morgan fingerprint density at radius 3 is 2.07 bits per heavy atom. The Hall–Kier alpha value is -3.85. The number of hydrogen-bond donors (Lipinski definition) is 1. The van der Waals surface area contributed by atoms with Gasteiger partial charge in [-0.1, -0.05) is 96.9 Å². The molecule has 0 heterocycles. The second-order valence-electron chi connectivity index (χ2n) is 11.4. The molecule has 0 saturated carbocycles. The third-order valence-corrected chi connectivity index (χ3v) is 10.4. The molecule has 46 heavy (non-hydrogen) atoms. The van der Waals surface area contributed by atoms with Crippen molar-refractivity contribution >= 4 is 50.7 Å². The van der Waals surface area contributed by atoms with E-state index in [-0.39, 0.29) is 29.8 Å². The monoisotopic (exact) mass is 679 g/mol. The van der Waals surface area contributed by atoms with Gasteiger partial charge in [0.1, 0.15) is 12.6 Å². The number of sulfonamides is 1. The first kappa shape index (κ1) is 35.0. The zero-order valence-electron chi connectivity index (χ0n) is 26.4. The van der Waals surface area contributed by atoms with Gasteiger partial charge >= 0.3 is 0 Å². The second-order valence-corrected chi connectivity index (χ2v) is 14.0. The van der Waals surface area contributed by atoms with Gasteiger partial charge in [0.2, 0.25) is 11.8 Å². The summed E-state index contributed by atoms with van der Waals surface area (Å²) in [5.74, 6) is -0.949. The summed E-state index contributed by atoms with van der Waals surface area (Å²) in [5, 5.41) is 3.68. The van der Waals surface area contributed by atoms with Crippen LogP contribution in [-0.2, 0) is 32.6 Å². The highest BCUT2D eigenvalue weighted by Gasteiger charge is 2.36. The summed E-state index contributed by atoms with van der Waals surface area (Å²) < 4.78 is 29.6. The zero-order valence-corrected chi connectivity index (χ0v) is 28.7. The van der Waals surface area contributed by atoms with Gasteiger partial charge in [-0.2, -0.15) is 0 Å². The fraction of sp³-hybridized carbons (Fsp3) is 0.278. The number of hydrogen-bond acceptors (Lipinski definition) is 4. The predicted molar refractivity (Wildman–Crippen MR) is 186 cm³/mol. The van der Waals surface area contributed by atoms with Crippen LogP contribution in [0, 0.1) is 13.8 Å². The molecule has 0 saturated heterocycles. The third kappa shape index (κ3) is 8.49. The summed E-state index contributed by atoms with van der Waals surface area (Å²) in [6.45, 7) is 6.83. The van der Waals surface area contributed by atoms with E-state index in [2.05, 4.69) is 5.32 Å². The van der Waals surface area contributed by atoms with Crippen molar-refractivity contribution in [2.75, 3.05) is 10.8 Å². The van der Waals surface area contributed by atoms with Crippen molar-refractivity contribution in [2.45, 2.75) is 64.1 Å². The number of aryl methyl sites for hydroxylation is 2. The molecule has 0 spiro atoms. The summed E-state index contributed by atoms with van der Waals surface area (Å²) >= 11 is 13.2. The third-order valence-electron chi connectivity index (χ3n) is 7.91. The zero-order chi connectivity index (χ0) is 33.4. The summed E-state index contributed by atoms with van der Waals surface area (Å²) in [5.41, 5.74) is 3.16. The van der Waals surface area contributed by atoms with E-state index in [0.29, 0.717) is 33.3 Å². The highest BCUT2D eigenvalue weighted by atomic mass is 35.5. The van der Waals surface area contributed by atoms with Gasteiger partial charge in [-0.15, -0.1) is 0 Å². The molecule has 0 bridgehead atoms. The summed E-state index contributed by atoms with van der Waals surface area (Å²) in [6, 6.07) is 26.7. The fourth-order valence-corrected chi connectivity index (χ4v) is 7.08. The average Bonchev–Trinajstić information content (AvgIpc) is 3.04. The molecular weight excluding hydrogens is 641 g/mol. The van der Waals surface area contributed by atoms with Gasteiger partial charge in [0, 0.05) is 34.6 Å². The predicted octanol–water partition coefficient (Wildman–Crippen LogP) is 7.36. The molecule has 7 nitrogen and oxygen atoms in total. The fourth-order valence-electron chi connectivity index (χ4n) is 5.07. The number of amides is 2. The lowest BCUT2D eigenvalue weighted by molar-refractivity contribution is -0.140. The summed E-state index contributed by atoms with van der Waals surface area (Å²) in [4.78, 5) is 30.1. The van der Waals surface area contributed by atoms with Crippen molar-refractivity contribution < 1.29 is 18.0 Å². The van der Waals surface area contributed by atoms with Crippen LogP contribution in [0.4, 0.5) is 5.69 Å². The van der Waals surface area contributed by atoms with Gasteiger partial charge in [0.15, 0.2) is 0 Å². The standard InChI is InChI=1S/C36H39Cl2N3O4S/c1-5-27(4)39-36(43)34(22-28-13-8-6-9-14-28)40(23-30-31(37)17-12-18-32(30)38)35(42)24-41(33-21-25(2)19-20-26(33)3)46(44,45)29-15-10-7-11-16-29/h6-21,27,34H,5,22-24H2,1-4H3,(H,39,43)/t27-,34-/m0/s1. The van der Waals surface area contributed by atoms with Crippen LogP contribution >= 0.6 is 23.2 Å². The van der Waals surface area contributed by atoms with E-state index in [0.717, 1.165) is 15.4 Å². The molecule has 0 unspecified atom stereocenters. The number of anilines is 1. The molecule has 4 aromatic rings. The van der Waals surface area contributed by atoms with Crippen molar-refractivity contribution in [2.24, 2.45) is 0 Å². The lowest BCUT2D eigenvalue weighted by Gasteiger charge is -2.35. The minimum atomic E-state index is -4.21. The molecule has 1 N–H and O–H groups in total. The second kappa shape index (κ2) is 15.6. The Balaban J connectivity index is 1.87. The van der Waals surface area contributed by atoms with Crippen LogP contribution in [0.2, 0.25) is 10.0 Å². The molecule has 2 atom stereocenters. The molecule has 2 amide bonds. The summed E-state index contributed by atoms with van der Waals surface area (Å²) in [6.07, 6.45) is 0.871. The molecule has 4 aromatic carbocycles. The molecule has 0 aliphatic heterocycles. The highest BCUT2D eigenvalue weighted by molar-refractivity contribution is 7.92. The van der Waals surface area contributed by atoms with Gasteiger partial charge in [0.25, 0.3) is 10.0 Å². The van der Waals surface area contributed by atoms with Crippen LogP contribution in [0.15, 0.2) is 102 Å². The van der Waals surface area contributed by atoms with Crippen molar-refractivity contribution in [1.82, 2.24) is 10.2 Å².